The third kappa shape index (κ3) is 2.74. The first kappa shape index (κ1) is 18.6. The lowest BCUT2D eigenvalue weighted by Crippen LogP contribution is -2.47. The van der Waals surface area contributed by atoms with Crippen LogP contribution in [0.5, 0.6) is 5.75 Å². The number of likely N-dealkylation sites (tertiary alicyclic amines) is 1. The van der Waals surface area contributed by atoms with Crippen LogP contribution < -0.4 is 4.74 Å². The second kappa shape index (κ2) is 6.68. The smallest absolute Gasteiger partial charge is 0.230 e. The summed E-state index contributed by atoms with van der Waals surface area (Å²) in [5, 5.41) is 7.09. The summed E-state index contributed by atoms with van der Waals surface area (Å²) in [7, 11) is 1.63. The number of benzene rings is 1. The molecule has 1 N–H and O–H groups in total. The standard InChI is InChI=1S/C23H24N4O4/c1-30-16-4-2-3-14(9-16)11-27-13-23-7-5-18(31-23)19(20(23)22(27)29)21(28)26-8-6-17-15(12-26)10-24-25-17/h2-5,7,9-10,18-20H,6,8,11-13H2,1H3,(H,24,25)/t18-,19-,20+,23-/m0/s1. The highest BCUT2D eigenvalue weighted by molar-refractivity contribution is 5.93. The van der Waals surface area contributed by atoms with Gasteiger partial charge in [0.25, 0.3) is 0 Å². The molecule has 1 spiro atoms. The Bertz CT molecular complexity index is 1090. The topological polar surface area (TPSA) is 87.8 Å². The molecule has 2 amide bonds. The molecule has 1 aromatic heterocycles. The second-order valence-electron chi connectivity index (χ2n) is 8.83. The second-order valence-corrected chi connectivity index (χ2v) is 8.83. The molecule has 0 unspecified atom stereocenters. The van der Waals surface area contributed by atoms with Crippen molar-refractivity contribution < 1.29 is 19.1 Å². The van der Waals surface area contributed by atoms with Crippen LogP contribution in [0.3, 0.4) is 0 Å². The lowest BCUT2D eigenvalue weighted by Gasteiger charge is -2.32. The fourth-order valence-electron chi connectivity index (χ4n) is 5.61. The molecule has 8 heteroatoms. The molecule has 8 nitrogen and oxygen atoms in total. The third-order valence-electron chi connectivity index (χ3n) is 7.08. The van der Waals surface area contributed by atoms with Gasteiger partial charge >= 0.3 is 0 Å². The minimum Gasteiger partial charge on any atom is -0.497 e. The minimum absolute atomic E-state index is 0.00431. The van der Waals surface area contributed by atoms with Gasteiger partial charge in [-0.1, -0.05) is 24.3 Å². The molecule has 2 aromatic rings. The summed E-state index contributed by atoms with van der Waals surface area (Å²) in [5.74, 6) is -0.178. The van der Waals surface area contributed by atoms with E-state index in [1.165, 1.54) is 0 Å². The van der Waals surface area contributed by atoms with Gasteiger partial charge in [0.2, 0.25) is 11.8 Å². The van der Waals surface area contributed by atoms with Gasteiger partial charge in [-0.15, -0.1) is 0 Å². The number of fused-ring (bicyclic) bond motifs is 2. The van der Waals surface area contributed by atoms with Crippen LogP contribution in [0.4, 0.5) is 0 Å². The molecule has 0 radical (unpaired) electrons. The molecule has 1 aromatic carbocycles. The van der Waals surface area contributed by atoms with Crippen molar-refractivity contribution in [2.24, 2.45) is 11.8 Å². The highest BCUT2D eigenvalue weighted by Gasteiger charge is 2.67. The molecule has 6 rings (SSSR count). The molecule has 0 aliphatic carbocycles. The van der Waals surface area contributed by atoms with Gasteiger partial charge in [-0.25, -0.2) is 0 Å². The summed E-state index contributed by atoms with van der Waals surface area (Å²) in [6, 6.07) is 7.72. The van der Waals surface area contributed by atoms with Crippen molar-refractivity contribution in [1.29, 1.82) is 0 Å². The monoisotopic (exact) mass is 420 g/mol. The van der Waals surface area contributed by atoms with E-state index in [9.17, 15) is 9.59 Å². The maximum Gasteiger partial charge on any atom is 0.230 e. The van der Waals surface area contributed by atoms with Crippen LogP contribution in [0, 0.1) is 11.8 Å². The van der Waals surface area contributed by atoms with Gasteiger partial charge in [0.05, 0.1) is 37.8 Å². The summed E-state index contributed by atoms with van der Waals surface area (Å²) in [5.41, 5.74) is 2.43. The molecule has 2 bridgehead atoms. The van der Waals surface area contributed by atoms with E-state index in [0.29, 0.717) is 26.2 Å². The van der Waals surface area contributed by atoms with Crippen molar-refractivity contribution in [2.45, 2.75) is 31.2 Å². The molecule has 2 saturated heterocycles. The lowest BCUT2D eigenvalue weighted by atomic mass is 9.76. The van der Waals surface area contributed by atoms with Crippen LogP contribution in [-0.2, 0) is 33.8 Å². The number of nitrogens with zero attached hydrogens (tertiary/aromatic N) is 3. The average molecular weight is 420 g/mol. The number of aromatic amines is 1. The van der Waals surface area contributed by atoms with Crippen molar-refractivity contribution in [1.82, 2.24) is 20.0 Å². The molecule has 2 fully saturated rings. The van der Waals surface area contributed by atoms with Crippen molar-refractivity contribution in [2.75, 3.05) is 20.2 Å². The molecule has 4 atom stereocenters. The van der Waals surface area contributed by atoms with Gasteiger partial charge in [0, 0.05) is 37.3 Å². The third-order valence-corrected chi connectivity index (χ3v) is 7.08. The fourth-order valence-corrected chi connectivity index (χ4v) is 5.61. The Kier molecular flexibility index (Phi) is 4.02. The zero-order chi connectivity index (χ0) is 21.2. The lowest BCUT2D eigenvalue weighted by molar-refractivity contribution is -0.144. The van der Waals surface area contributed by atoms with Crippen LogP contribution in [0.25, 0.3) is 0 Å². The molecular weight excluding hydrogens is 396 g/mol. The van der Waals surface area contributed by atoms with Crippen LogP contribution in [0.1, 0.15) is 16.8 Å². The summed E-state index contributed by atoms with van der Waals surface area (Å²) in [6.07, 6.45) is 6.17. The summed E-state index contributed by atoms with van der Waals surface area (Å²) in [6.45, 7) is 2.09. The molecule has 31 heavy (non-hydrogen) atoms. The van der Waals surface area contributed by atoms with Gasteiger partial charge in [0.15, 0.2) is 0 Å². The number of methoxy groups -OCH3 is 1. The Morgan fingerprint density at radius 1 is 1.42 bits per heavy atom. The highest BCUT2D eigenvalue weighted by atomic mass is 16.5. The fraction of sp³-hybridized carbons (Fsp3) is 0.435. The Morgan fingerprint density at radius 2 is 2.32 bits per heavy atom. The van der Waals surface area contributed by atoms with Gasteiger partial charge in [-0.2, -0.15) is 5.10 Å². The summed E-state index contributed by atoms with van der Waals surface area (Å²) >= 11 is 0. The quantitative estimate of drug-likeness (QED) is 0.753. The largest absolute Gasteiger partial charge is 0.497 e. The van der Waals surface area contributed by atoms with Gasteiger partial charge in [-0.05, 0) is 17.7 Å². The van der Waals surface area contributed by atoms with E-state index in [-0.39, 0.29) is 17.9 Å². The number of amides is 2. The van der Waals surface area contributed by atoms with Crippen molar-refractivity contribution in [3.8, 4) is 5.75 Å². The molecule has 4 aliphatic rings. The maximum atomic E-state index is 13.5. The Morgan fingerprint density at radius 3 is 3.19 bits per heavy atom. The normalized spacial score (nSPS) is 30.6. The number of rotatable bonds is 4. The number of carbonyl (C=O) groups excluding carboxylic acids is 2. The minimum atomic E-state index is -0.697. The van der Waals surface area contributed by atoms with Crippen molar-refractivity contribution in [3.05, 3.63) is 59.4 Å². The highest BCUT2D eigenvalue weighted by Crippen LogP contribution is 2.52. The zero-order valence-electron chi connectivity index (χ0n) is 17.3. The molecule has 5 heterocycles. The molecule has 160 valence electrons. The summed E-state index contributed by atoms with van der Waals surface area (Å²) in [4.78, 5) is 30.7. The Labute approximate surface area is 179 Å². The SMILES string of the molecule is COc1cccc(CN2C[C@]34C=C[C@H](O3)[C@H](C(=O)N3CCc5[nH]ncc5C3)[C@@H]4C2=O)c1. The Balaban J connectivity index is 1.24. The number of nitrogens with one attached hydrogen (secondary N) is 1. The molecule has 4 aliphatic heterocycles. The average Bonchev–Trinajstić information content (AvgIpc) is 3.54. The van der Waals surface area contributed by atoms with E-state index in [0.717, 1.165) is 29.0 Å². The van der Waals surface area contributed by atoms with Gasteiger partial charge in [-0.3, -0.25) is 14.7 Å². The van der Waals surface area contributed by atoms with Gasteiger partial charge in [0.1, 0.15) is 11.4 Å². The number of carbonyl (C=O) groups is 2. The first-order valence-electron chi connectivity index (χ1n) is 10.7. The maximum absolute atomic E-state index is 13.5. The van der Waals surface area contributed by atoms with E-state index in [1.807, 2.05) is 46.2 Å². The number of aromatic nitrogens is 2. The van der Waals surface area contributed by atoms with Crippen molar-refractivity contribution in [3.63, 3.8) is 0 Å². The zero-order valence-corrected chi connectivity index (χ0v) is 17.3. The first-order valence-corrected chi connectivity index (χ1v) is 10.7. The van der Waals surface area contributed by atoms with E-state index in [2.05, 4.69) is 10.2 Å². The van der Waals surface area contributed by atoms with E-state index in [1.54, 1.807) is 13.3 Å². The first-order chi connectivity index (χ1) is 15.1. The summed E-state index contributed by atoms with van der Waals surface area (Å²) < 4.78 is 11.6. The number of ether oxygens (including phenoxy) is 2. The van der Waals surface area contributed by atoms with E-state index >= 15 is 0 Å². The van der Waals surface area contributed by atoms with Gasteiger partial charge < -0.3 is 19.3 Å². The van der Waals surface area contributed by atoms with Crippen molar-refractivity contribution >= 4 is 11.8 Å². The van der Waals surface area contributed by atoms with E-state index in [4.69, 9.17) is 9.47 Å². The predicted molar refractivity (Wildman–Crippen MR) is 110 cm³/mol. The van der Waals surface area contributed by atoms with Crippen LogP contribution in [-0.4, -0.2) is 63.7 Å². The number of hydrogen-bond donors (Lipinski definition) is 1. The predicted octanol–water partition coefficient (Wildman–Crippen LogP) is 1.29. The molecular formula is C23H24N4O4. The van der Waals surface area contributed by atoms with Crippen LogP contribution in [0.2, 0.25) is 0 Å². The number of H-pyrrole nitrogens is 1. The molecule has 0 saturated carbocycles. The van der Waals surface area contributed by atoms with E-state index < -0.39 is 17.4 Å². The number of hydrogen-bond acceptors (Lipinski definition) is 5. The Hall–Kier alpha value is -3.13. The van der Waals surface area contributed by atoms with Crippen LogP contribution in [0.15, 0.2) is 42.6 Å². The van der Waals surface area contributed by atoms with Crippen LogP contribution >= 0.6 is 0 Å².